The quantitative estimate of drug-likeness (QED) is 0.357. The summed E-state index contributed by atoms with van der Waals surface area (Å²) >= 11 is 3.11. The zero-order valence-corrected chi connectivity index (χ0v) is 19.6. The van der Waals surface area contributed by atoms with Crippen LogP contribution in [0.5, 0.6) is 11.5 Å². The van der Waals surface area contributed by atoms with E-state index in [1.54, 1.807) is 12.1 Å². The Morgan fingerprint density at radius 3 is 2.44 bits per heavy atom. The average Bonchev–Trinajstić information content (AvgIpc) is 2.73. The predicted octanol–water partition coefficient (Wildman–Crippen LogP) is 3.05. The number of benzene rings is 2. The molecular formula is C22H27BrN6O3. The van der Waals surface area contributed by atoms with Gasteiger partial charge in [0.1, 0.15) is 17.2 Å². The summed E-state index contributed by atoms with van der Waals surface area (Å²) in [6, 6.07) is 14.8. The first-order chi connectivity index (χ1) is 15.3. The number of amides is 1. The van der Waals surface area contributed by atoms with Crippen molar-refractivity contribution in [2.45, 2.75) is 25.9 Å². The number of anilines is 2. The summed E-state index contributed by atoms with van der Waals surface area (Å²) in [5.74, 6) is 1.78. The number of nitrogens with two attached hydrogens (primary N) is 2. The fourth-order valence-electron chi connectivity index (χ4n) is 3.23. The van der Waals surface area contributed by atoms with Gasteiger partial charge in [-0.15, -0.1) is 0 Å². The third-order valence-electron chi connectivity index (χ3n) is 4.55. The van der Waals surface area contributed by atoms with Gasteiger partial charge in [0.15, 0.2) is 0 Å². The molecule has 0 aromatic heterocycles. The summed E-state index contributed by atoms with van der Waals surface area (Å²) in [5.41, 5.74) is 12.7. The van der Waals surface area contributed by atoms with E-state index in [4.69, 9.17) is 20.9 Å². The lowest BCUT2D eigenvalue weighted by Crippen LogP contribution is -2.54. The molecule has 1 aliphatic rings. The summed E-state index contributed by atoms with van der Waals surface area (Å²) in [6.45, 7) is 4.81. The Balaban J connectivity index is 1.48. The van der Waals surface area contributed by atoms with Crippen molar-refractivity contribution < 1.29 is 14.3 Å². The van der Waals surface area contributed by atoms with Gasteiger partial charge >= 0.3 is 0 Å². The molecule has 9 nitrogen and oxygen atoms in total. The van der Waals surface area contributed by atoms with Crippen molar-refractivity contribution in [3.63, 3.8) is 0 Å². The summed E-state index contributed by atoms with van der Waals surface area (Å²) in [4.78, 5) is 21.6. The first-order valence-electron chi connectivity index (χ1n) is 10.1. The lowest BCUT2D eigenvalue weighted by molar-refractivity contribution is -0.113. The summed E-state index contributed by atoms with van der Waals surface area (Å²) in [6.07, 6.45) is 0.700. The van der Waals surface area contributed by atoms with Crippen LogP contribution in [-0.4, -0.2) is 42.0 Å². The maximum atomic E-state index is 11.4. The Morgan fingerprint density at radius 1 is 1.09 bits per heavy atom. The lowest BCUT2D eigenvalue weighted by atomic mass is 10.1. The van der Waals surface area contributed by atoms with Crippen LogP contribution in [0.4, 0.5) is 11.4 Å². The molecule has 0 atom stereocenters. The molecule has 10 heteroatoms. The molecule has 2 aromatic carbocycles. The number of hydrogen-bond donors (Lipinski definition) is 3. The van der Waals surface area contributed by atoms with Crippen molar-refractivity contribution in [3.05, 3.63) is 48.5 Å². The molecule has 0 bridgehead atoms. The highest BCUT2D eigenvalue weighted by Gasteiger charge is 2.33. The number of hydrogen-bond acceptors (Lipinski definition) is 8. The topological polar surface area (TPSA) is 128 Å². The van der Waals surface area contributed by atoms with Gasteiger partial charge < -0.3 is 26.3 Å². The van der Waals surface area contributed by atoms with Crippen molar-refractivity contribution in [2.75, 3.05) is 28.8 Å². The van der Waals surface area contributed by atoms with Gasteiger partial charge in [0.25, 0.3) is 0 Å². The van der Waals surface area contributed by atoms with Gasteiger partial charge in [0, 0.05) is 23.9 Å². The number of ether oxygens (including phenoxy) is 2. The Hall–Kier alpha value is -3.27. The first-order valence-corrected chi connectivity index (χ1v) is 11.2. The second kappa shape index (κ2) is 10.4. The highest BCUT2D eigenvalue weighted by Crippen LogP contribution is 2.30. The van der Waals surface area contributed by atoms with Crippen molar-refractivity contribution in [3.8, 4) is 11.5 Å². The molecule has 1 aliphatic heterocycles. The van der Waals surface area contributed by atoms with Crippen LogP contribution in [0.25, 0.3) is 0 Å². The van der Waals surface area contributed by atoms with Gasteiger partial charge in [0.2, 0.25) is 17.8 Å². The van der Waals surface area contributed by atoms with E-state index < -0.39 is 5.66 Å². The molecular weight excluding hydrogens is 476 g/mol. The van der Waals surface area contributed by atoms with Gasteiger partial charge in [-0.05, 0) is 50.2 Å². The molecule has 1 heterocycles. The van der Waals surface area contributed by atoms with Gasteiger partial charge in [-0.1, -0.05) is 22.0 Å². The molecule has 5 N–H and O–H groups in total. The van der Waals surface area contributed by atoms with Crippen LogP contribution < -0.4 is 31.2 Å². The second-order valence-electron chi connectivity index (χ2n) is 7.52. The van der Waals surface area contributed by atoms with Crippen molar-refractivity contribution in [2.24, 2.45) is 21.5 Å². The van der Waals surface area contributed by atoms with Gasteiger partial charge in [-0.3, -0.25) is 9.69 Å². The number of guanidine groups is 2. The van der Waals surface area contributed by atoms with Crippen LogP contribution in [0.1, 0.15) is 20.3 Å². The number of nitrogens with zero attached hydrogens (tertiary/aromatic N) is 3. The number of carbonyl (C=O) groups is 1. The number of nitrogens with one attached hydrogen (secondary N) is 1. The highest BCUT2D eigenvalue weighted by atomic mass is 79.9. The normalized spacial score (nSPS) is 14.9. The standard InChI is InChI=1S/C22H27BrN6O3/c1-22(2)28-20(24)27-21(25)29(22)16-5-3-6-18(13-16)32-12-4-11-31-17-9-7-15(8-10-17)26-19(30)14-23/h3,5-10,13H,4,11-12,14H2,1-2H3,(H,26,30)(H4,24,25,27,28). The molecule has 170 valence electrons. The van der Waals surface area contributed by atoms with Crippen molar-refractivity contribution in [1.29, 1.82) is 0 Å². The molecule has 0 saturated carbocycles. The molecule has 0 saturated heterocycles. The molecule has 32 heavy (non-hydrogen) atoms. The number of rotatable bonds is 9. The van der Waals surface area contributed by atoms with Crippen LogP contribution in [-0.2, 0) is 4.79 Å². The molecule has 0 fully saturated rings. The van der Waals surface area contributed by atoms with E-state index in [-0.39, 0.29) is 23.2 Å². The van der Waals surface area contributed by atoms with E-state index in [1.807, 2.05) is 55.1 Å². The van der Waals surface area contributed by atoms with E-state index in [0.717, 1.165) is 17.1 Å². The molecule has 0 spiro atoms. The van der Waals surface area contributed by atoms with Gasteiger partial charge in [-0.2, -0.15) is 4.99 Å². The summed E-state index contributed by atoms with van der Waals surface area (Å²) < 4.78 is 11.6. The number of carbonyl (C=O) groups excluding carboxylic acids is 1. The fraction of sp³-hybridized carbons (Fsp3) is 0.318. The van der Waals surface area contributed by atoms with Crippen LogP contribution in [0.2, 0.25) is 0 Å². The molecule has 2 aromatic rings. The van der Waals surface area contributed by atoms with Crippen LogP contribution in [0.15, 0.2) is 58.5 Å². The van der Waals surface area contributed by atoms with E-state index >= 15 is 0 Å². The summed E-state index contributed by atoms with van der Waals surface area (Å²) in [5, 5.41) is 3.02. The highest BCUT2D eigenvalue weighted by molar-refractivity contribution is 9.09. The number of halogens is 1. The van der Waals surface area contributed by atoms with Gasteiger partial charge in [-0.25, -0.2) is 4.99 Å². The van der Waals surface area contributed by atoms with E-state index in [0.29, 0.717) is 25.4 Å². The predicted molar refractivity (Wildman–Crippen MR) is 131 cm³/mol. The molecule has 0 aliphatic carbocycles. The first kappa shape index (κ1) is 23.4. The fourth-order valence-corrected chi connectivity index (χ4v) is 3.37. The SMILES string of the molecule is CC1(C)N=C(N)N=C(N)N1c1cccc(OCCCOc2ccc(NC(=O)CBr)cc2)c1. The maximum absolute atomic E-state index is 11.4. The molecule has 0 radical (unpaired) electrons. The third kappa shape index (κ3) is 6.13. The van der Waals surface area contributed by atoms with Crippen molar-refractivity contribution in [1.82, 2.24) is 0 Å². The molecule has 0 unspecified atom stereocenters. The van der Waals surface area contributed by atoms with E-state index in [9.17, 15) is 4.79 Å². The van der Waals surface area contributed by atoms with Crippen LogP contribution in [0.3, 0.4) is 0 Å². The Morgan fingerprint density at radius 2 is 1.78 bits per heavy atom. The monoisotopic (exact) mass is 502 g/mol. The van der Waals surface area contributed by atoms with Crippen LogP contribution >= 0.6 is 15.9 Å². The number of aliphatic imine (C=N–C) groups is 2. The minimum Gasteiger partial charge on any atom is -0.493 e. The second-order valence-corrected chi connectivity index (χ2v) is 8.08. The zero-order valence-electron chi connectivity index (χ0n) is 18.0. The lowest BCUT2D eigenvalue weighted by Gasteiger charge is -2.38. The Labute approximate surface area is 195 Å². The largest absolute Gasteiger partial charge is 0.493 e. The Kier molecular flexibility index (Phi) is 7.57. The molecule has 3 rings (SSSR count). The third-order valence-corrected chi connectivity index (χ3v) is 5.06. The molecule has 1 amide bonds. The van der Waals surface area contributed by atoms with E-state index in [1.165, 1.54) is 0 Å². The average molecular weight is 503 g/mol. The minimum absolute atomic E-state index is 0.101. The maximum Gasteiger partial charge on any atom is 0.235 e. The summed E-state index contributed by atoms with van der Waals surface area (Å²) in [7, 11) is 0. The van der Waals surface area contributed by atoms with E-state index in [2.05, 4.69) is 31.2 Å². The number of alkyl halides is 1. The minimum atomic E-state index is -0.658. The Bertz CT molecular complexity index is 1010. The van der Waals surface area contributed by atoms with Crippen LogP contribution in [0, 0.1) is 0 Å². The zero-order chi connectivity index (χ0) is 23.1. The van der Waals surface area contributed by atoms with Gasteiger partial charge in [0.05, 0.1) is 18.5 Å². The van der Waals surface area contributed by atoms with Crippen molar-refractivity contribution >= 4 is 45.1 Å². The smallest absolute Gasteiger partial charge is 0.235 e.